The second-order valence-electron chi connectivity index (χ2n) is 8.24. The second kappa shape index (κ2) is 10.3. The summed E-state index contributed by atoms with van der Waals surface area (Å²) in [5.74, 6) is 3.44. The number of thioether (sulfide) groups is 1. The van der Waals surface area contributed by atoms with Crippen molar-refractivity contribution in [2.24, 2.45) is 5.73 Å². The minimum absolute atomic E-state index is 0.134. The zero-order chi connectivity index (χ0) is 20.9. The first-order valence-corrected chi connectivity index (χ1v) is 12.9. The lowest BCUT2D eigenvalue weighted by molar-refractivity contribution is -0.131. The molecular formula is C22H32N4O2S2. The van der Waals surface area contributed by atoms with Crippen molar-refractivity contribution in [1.29, 1.82) is 0 Å². The molecule has 0 bridgehead atoms. The Kier molecular flexibility index (Phi) is 7.51. The summed E-state index contributed by atoms with van der Waals surface area (Å²) in [6, 6.07) is 5.80. The molecule has 0 spiro atoms. The molecule has 8 heteroatoms. The maximum absolute atomic E-state index is 12.3. The number of fused-ring (bicyclic) bond motifs is 1. The van der Waals surface area contributed by atoms with E-state index in [1.54, 1.807) is 7.11 Å². The highest BCUT2D eigenvalue weighted by Crippen LogP contribution is 2.35. The molecule has 0 unspecified atom stereocenters. The molecule has 1 atom stereocenters. The Balaban J connectivity index is 1.17. The first kappa shape index (κ1) is 21.9. The van der Waals surface area contributed by atoms with Crippen LogP contribution in [-0.4, -0.2) is 71.7 Å². The molecule has 2 N–H and O–H groups in total. The molecule has 1 aromatic heterocycles. The normalized spacial score (nSPS) is 19.5. The number of aromatic nitrogens is 1. The van der Waals surface area contributed by atoms with Gasteiger partial charge in [0.15, 0.2) is 0 Å². The molecule has 2 aliphatic heterocycles. The van der Waals surface area contributed by atoms with Crippen LogP contribution in [0.3, 0.4) is 0 Å². The molecule has 0 saturated carbocycles. The van der Waals surface area contributed by atoms with E-state index in [9.17, 15) is 4.79 Å². The van der Waals surface area contributed by atoms with Crippen molar-refractivity contribution in [3.8, 4) is 5.75 Å². The molecule has 2 saturated heterocycles. The number of thiazole rings is 1. The Labute approximate surface area is 187 Å². The maximum Gasteiger partial charge on any atom is 0.240 e. The van der Waals surface area contributed by atoms with Crippen molar-refractivity contribution in [2.45, 2.75) is 44.1 Å². The van der Waals surface area contributed by atoms with Crippen LogP contribution < -0.4 is 10.5 Å². The first-order chi connectivity index (χ1) is 14.6. The monoisotopic (exact) mass is 448 g/mol. The molecule has 4 rings (SSSR count). The molecule has 2 aliphatic rings. The lowest BCUT2D eigenvalue weighted by Gasteiger charge is -2.31. The van der Waals surface area contributed by atoms with Crippen LogP contribution in [0, 0.1) is 0 Å². The molecule has 1 aromatic carbocycles. The van der Waals surface area contributed by atoms with Crippen molar-refractivity contribution in [3.05, 3.63) is 23.2 Å². The quantitative estimate of drug-likeness (QED) is 0.623. The van der Waals surface area contributed by atoms with E-state index in [0.29, 0.717) is 5.92 Å². The van der Waals surface area contributed by atoms with Gasteiger partial charge in [0, 0.05) is 18.2 Å². The largest absolute Gasteiger partial charge is 0.497 e. The lowest BCUT2D eigenvalue weighted by atomic mass is 9.97. The average Bonchev–Trinajstić information content (AvgIpc) is 3.46. The van der Waals surface area contributed by atoms with Crippen molar-refractivity contribution >= 4 is 39.2 Å². The summed E-state index contributed by atoms with van der Waals surface area (Å²) in [6.07, 6.45) is 5.27. The van der Waals surface area contributed by atoms with Gasteiger partial charge in [-0.2, -0.15) is 0 Å². The lowest BCUT2D eigenvalue weighted by Crippen LogP contribution is -2.42. The van der Waals surface area contributed by atoms with Gasteiger partial charge in [0.25, 0.3) is 0 Å². The summed E-state index contributed by atoms with van der Waals surface area (Å²) in [4.78, 5) is 21.6. The van der Waals surface area contributed by atoms with Gasteiger partial charge >= 0.3 is 0 Å². The zero-order valence-electron chi connectivity index (χ0n) is 17.7. The third-order valence-corrected chi connectivity index (χ3v) is 8.32. The number of benzene rings is 1. The molecule has 2 aromatic rings. The van der Waals surface area contributed by atoms with Gasteiger partial charge < -0.3 is 20.3 Å². The number of piperidine rings is 1. The molecule has 164 valence electrons. The van der Waals surface area contributed by atoms with E-state index in [2.05, 4.69) is 17.0 Å². The van der Waals surface area contributed by atoms with Crippen LogP contribution in [0.2, 0.25) is 0 Å². The Morgan fingerprint density at radius 1 is 1.30 bits per heavy atom. The fourth-order valence-electron chi connectivity index (χ4n) is 4.27. The van der Waals surface area contributed by atoms with Gasteiger partial charge in [0.2, 0.25) is 5.91 Å². The van der Waals surface area contributed by atoms with Crippen LogP contribution in [0.1, 0.15) is 43.0 Å². The molecule has 1 amide bonds. The predicted octanol–water partition coefficient (Wildman–Crippen LogP) is 3.51. The van der Waals surface area contributed by atoms with Gasteiger partial charge in [-0.1, -0.05) is 6.42 Å². The first-order valence-electron chi connectivity index (χ1n) is 10.9. The summed E-state index contributed by atoms with van der Waals surface area (Å²) in [6.45, 7) is 4.21. The van der Waals surface area contributed by atoms with Crippen molar-refractivity contribution in [1.82, 2.24) is 14.8 Å². The Bertz CT molecular complexity index is 845. The molecule has 3 heterocycles. The average molecular weight is 449 g/mol. The van der Waals surface area contributed by atoms with Gasteiger partial charge in [-0.05, 0) is 63.5 Å². The predicted molar refractivity (Wildman–Crippen MR) is 125 cm³/mol. The number of hydrogen-bond acceptors (Lipinski definition) is 7. The highest BCUT2D eigenvalue weighted by Gasteiger charge is 2.25. The SMILES string of the molecule is COc1ccc2nc(C3CCN(CCCC[C@H](N)C(=O)N4CCSC4)CC3)sc2c1. The van der Waals surface area contributed by atoms with Crippen molar-refractivity contribution in [2.75, 3.05) is 44.9 Å². The number of rotatable bonds is 8. The number of methoxy groups -OCH3 is 1. The molecular weight excluding hydrogens is 416 g/mol. The molecule has 0 radical (unpaired) electrons. The van der Waals surface area contributed by atoms with Gasteiger partial charge in [0.05, 0.1) is 34.3 Å². The van der Waals surface area contributed by atoms with Crippen LogP contribution in [0.15, 0.2) is 18.2 Å². The van der Waals surface area contributed by atoms with Gasteiger partial charge in [-0.3, -0.25) is 4.79 Å². The number of hydrogen-bond donors (Lipinski definition) is 1. The highest BCUT2D eigenvalue weighted by atomic mass is 32.2. The summed E-state index contributed by atoms with van der Waals surface area (Å²) in [5, 5.41) is 1.27. The Morgan fingerprint density at radius 2 is 2.13 bits per heavy atom. The zero-order valence-corrected chi connectivity index (χ0v) is 19.3. The van der Waals surface area contributed by atoms with Crippen molar-refractivity contribution in [3.63, 3.8) is 0 Å². The van der Waals surface area contributed by atoms with E-state index in [4.69, 9.17) is 15.5 Å². The van der Waals surface area contributed by atoms with Gasteiger partial charge in [-0.15, -0.1) is 23.1 Å². The summed E-state index contributed by atoms with van der Waals surface area (Å²) in [7, 11) is 1.71. The number of ether oxygens (including phenoxy) is 1. The molecule has 6 nitrogen and oxygen atoms in total. The van der Waals surface area contributed by atoms with Gasteiger partial charge in [-0.25, -0.2) is 4.98 Å². The number of amides is 1. The highest BCUT2D eigenvalue weighted by molar-refractivity contribution is 7.99. The fourth-order valence-corrected chi connectivity index (χ4v) is 6.39. The Hall–Kier alpha value is -1.35. The maximum atomic E-state index is 12.3. The van der Waals surface area contributed by atoms with Crippen LogP contribution in [0.25, 0.3) is 10.2 Å². The van der Waals surface area contributed by atoms with E-state index in [0.717, 1.165) is 68.3 Å². The van der Waals surface area contributed by atoms with Crippen LogP contribution in [0.4, 0.5) is 0 Å². The van der Waals surface area contributed by atoms with Crippen LogP contribution in [0.5, 0.6) is 5.75 Å². The third-order valence-electron chi connectivity index (χ3n) is 6.17. The number of carbonyl (C=O) groups excluding carboxylic acids is 1. The fraction of sp³-hybridized carbons (Fsp3) is 0.636. The van der Waals surface area contributed by atoms with E-state index >= 15 is 0 Å². The second-order valence-corrected chi connectivity index (χ2v) is 10.4. The van der Waals surface area contributed by atoms with E-state index in [1.165, 1.54) is 22.5 Å². The number of unbranched alkanes of at least 4 members (excludes halogenated alkanes) is 1. The van der Waals surface area contributed by atoms with E-state index < -0.39 is 0 Å². The third kappa shape index (κ3) is 5.28. The number of likely N-dealkylation sites (tertiary alicyclic amines) is 1. The summed E-state index contributed by atoms with van der Waals surface area (Å²) in [5.41, 5.74) is 7.20. The minimum atomic E-state index is -0.327. The standard InChI is InChI=1S/C22H32N4O2S2/c1-28-17-5-6-19-20(14-17)30-21(24-19)16-7-10-25(11-8-16)9-3-2-4-18(23)22(27)26-12-13-29-15-26/h5-6,14,16,18H,2-4,7-13,15,23H2,1H3/t18-/m0/s1. The number of nitrogens with two attached hydrogens (primary N) is 1. The molecule has 2 fully saturated rings. The smallest absolute Gasteiger partial charge is 0.240 e. The number of carbonyl (C=O) groups is 1. The van der Waals surface area contributed by atoms with Crippen LogP contribution >= 0.6 is 23.1 Å². The van der Waals surface area contributed by atoms with Gasteiger partial charge in [0.1, 0.15) is 5.75 Å². The van der Waals surface area contributed by atoms with E-state index in [1.807, 2.05) is 34.1 Å². The molecule has 0 aliphatic carbocycles. The van der Waals surface area contributed by atoms with Crippen LogP contribution in [-0.2, 0) is 4.79 Å². The topological polar surface area (TPSA) is 71.7 Å². The Morgan fingerprint density at radius 3 is 2.87 bits per heavy atom. The van der Waals surface area contributed by atoms with Crippen molar-refractivity contribution < 1.29 is 9.53 Å². The minimum Gasteiger partial charge on any atom is -0.497 e. The summed E-state index contributed by atoms with van der Waals surface area (Å²) < 4.78 is 6.55. The molecule has 30 heavy (non-hydrogen) atoms. The van der Waals surface area contributed by atoms with E-state index in [-0.39, 0.29) is 11.9 Å². The summed E-state index contributed by atoms with van der Waals surface area (Å²) >= 11 is 3.62. The number of nitrogens with zero attached hydrogens (tertiary/aromatic N) is 3.